The van der Waals surface area contributed by atoms with Crippen molar-refractivity contribution in [2.24, 2.45) is 22.2 Å². The van der Waals surface area contributed by atoms with Gasteiger partial charge in [0.15, 0.2) is 5.96 Å². The number of benzene rings is 2. The van der Waals surface area contributed by atoms with Gasteiger partial charge in [-0.15, -0.1) is 0 Å². The number of aliphatic hydroxyl groups excluding tert-OH is 2. The molecule has 117 heavy (non-hydrogen) atoms. The van der Waals surface area contributed by atoms with Crippen LogP contribution in [-0.4, -0.2) is 246 Å². The zero-order valence-corrected chi connectivity index (χ0v) is 69.6. The number of para-hydroxylation sites is 1. The van der Waals surface area contributed by atoms with E-state index in [0.717, 1.165) is 41.5 Å². The summed E-state index contributed by atoms with van der Waals surface area (Å²) < 4.78 is 38.0. The molecule has 2 aromatic carbocycles. The number of carbonyl (C=O) groups is 12. The van der Waals surface area contributed by atoms with Crippen LogP contribution in [0.3, 0.4) is 0 Å². The second-order valence-corrected chi connectivity index (χ2v) is 31.5. The summed E-state index contributed by atoms with van der Waals surface area (Å²) in [5.41, 5.74) is 19.0. The maximum Gasteiger partial charge on any atom is 0.246 e. The van der Waals surface area contributed by atoms with E-state index in [1.54, 1.807) is 42.6 Å². The third kappa shape index (κ3) is 37.4. The van der Waals surface area contributed by atoms with Gasteiger partial charge in [-0.05, 0) is 49.3 Å². The molecule has 0 radical (unpaired) electrons. The average Bonchev–Trinajstić information content (AvgIpc) is 1.69. The minimum Gasteiger partial charge on any atom is -0.394 e. The summed E-state index contributed by atoms with van der Waals surface area (Å²) in [6, 6.07) is 2.74. The fraction of sp³-hybridized carbons (Fsp3) is 0.615. The highest BCUT2D eigenvalue weighted by Crippen LogP contribution is 2.23. The molecule has 1 aliphatic heterocycles. The number of primary amides is 1. The van der Waals surface area contributed by atoms with Crippen LogP contribution >= 0.6 is 25.3 Å². The predicted molar refractivity (Wildman–Crippen MR) is 446 cm³/mol. The molecule has 12 amide bonds. The summed E-state index contributed by atoms with van der Waals surface area (Å²) >= 11 is 8.53. The van der Waals surface area contributed by atoms with Crippen LogP contribution in [0, 0.1) is 0 Å². The van der Waals surface area contributed by atoms with Crippen LogP contribution in [0.15, 0.2) is 78.3 Å². The van der Waals surface area contributed by atoms with Gasteiger partial charge in [-0.1, -0.05) is 152 Å². The largest absolute Gasteiger partial charge is 0.394 e. The lowest BCUT2D eigenvalue weighted by Crippen LogP contribution is -2.61. The Morgan fingerprint density at radius 1 is 0.581 bits per heavy atom. The van der Waals surface area contributed by atoms with Gasteiger partial charge in [0.05, 0.1) is 44.6 Å². The Morgan fingerprint density at radius 2 is 1.12 bits per heavy atom. The highest BCUT2D eigenvalue weighted by Gasteiger charge is 2.43. The van der Waals surface area contributed by atoms with E-state index in [-0.39, 0.29) is 115 Å². The Balaban J connectivity index is 1.13. The number of aliphatic hydroxyl groups is 2. The number of aromatic nitrogens is 3. The normalized spacial score (nSPS) is 15.4. The molecule has 0 unspecified atom stereocenters. The summed E-state index contributed by atoms with van der Waals surface area (Å²) in [6.07, 6.45) is 18.1. The van der Waals surface area contributed by atoms with Crippen LogP contribution in [0.25, 0.3) is 10.9 Å². The van der Waals surface area contributed by atoms with E-state index >= 15 is 0 Å². The Hall–Kier alpha value is -9.41. The van der Waals surface area contributed by atoms with Crippen LogP contribution in [0.4, 0.5) is 0 Å². The Kier molecular flexibility index (Phi) is 45.8. The topological polar surface area (TPSA) is 556 Å². The Morgan fingerprint density at radius 3 is 1.73 bits per heavy atom. The first-order valence-corrected chi connectivity index (χ1v) is 43.2. The molecular formula is C78H122N18O18S3. The van der Waals surface area contributed by atoms with Crippen LogP contribution in [-0.2, 0) is 96.3 Å². The average molecular weight is 1700 g/mol. The second kappa shape index (κ2) is 54.6. The summed E-state index contributed by atoms with van der Waals surface area (Å²) in [4.78, 5) is 180. The van der Waals surface area contributed by atoms with E-state index < -0.39 is 167 Å². The molecule has 36 nitrogen and oxygen atoms in total. The van der Waals surface area contributed by atoms with Crippen molar-refractivity contribution in [1.29, 1.82) is 0 Å². The number of amides is 12. The van der Waals surface area contributed by atoms with Crippen molar-refractivity contribution in [2.75, 3.05) is 69.9 Å². The molecule has 1 aliphatic rings. The number of imidazole rings is 1. The van der Waals surface area contributed by atoms with Crippen LogP contribution in [0.2, 0.25) is 0 Å². The number of β-amino-alcohol motifs (C(OH)–C–C–N with tert-alkyl or cyclic N) is 1. The summed E-state index contributed by atoms with van der Waals surface area (Å²) in [6.45, 7) is 2.09. The number of aromatic amines is 2. The third-order valence-corrected chi connectivity index (χ3v) is 21.5. The zero-order valence-electron chi connectivity index (χ0n) is 67.0. The minimum atomic E-state index is -3.91. The molecule has 20 N–H and O–H groups in total. The highest BCUT2D eigenvalue weighted by molar-refractivity contribution is 7.90. The van der Waals surface area contributed by atoms with Gasteiger partial charge in [0.25, 0.3) is 0 Å². The zero-order chi connectivity index (χ0) is 85.5. The number of ether oxygens (including phenoxy) is 2. The first-order chi connectivity index (χ1) is 56.2. The van der Waals surface area contributed by atoms with Crippen LogP contribution in [0.1, 0.15) is 172 Å². The number of carbonyl (C=O) groups excluding carboxylic acids is 12. The van der Waals surface area contributed by atoms with Crippen molar-refractivity contribution in [1.82, 2.24) is 72.4 Å². The van der Waals surface area contributed by atoms with Crippen molar-refractivity contribution in [3.05, 3.63) is 90.1 Å². The number of nitrogens with two attached hydrogens (primary N) is 3. The third-order valence-electron chi connectivity index (χ3n) is 19.4. The van der Waals surface area contributed by atoms with E-state index in [1.807, 2.05) is 25.1 Å². The second-order valence-electron chi connectivity index (χ2n) is 29.0. The van der Waals surface area contributed by atoms with Gasteiger partial charge >= 0.3 is 0 Å². The van der Waals surface area contributed by atoms with E-state index in [1.165, 1.54) is 63.9 Å². The highest BCUT2D eigenvalue weighted by atomic mass is 32.2. The molecule has 0 saturated carbocycles. The molecule has 39 heteroatoms. The van der Waals surface area contributed by atoms with Gasteiger partial charge in [0, 0.05) is 98.7 Å². The fourth-order valence-corrected chi connectivity index (χ4v) is 14.6. The molecule has 3 heterocycles. The predicted octanol–water partition coefficient (Wildman–Crippen LogP) is 0.197. The maximum atomic E-state index is 14.8. The molecule has 0 spiro atoms. The minimum absolute atomic E-state index is 0.00961. The number of sulfonamides is 1. The van der Waals surface area contributed by atoms with Crippen molar-refractivity contribution in [3.8, 4) is 0 Å². The summed E-state index contributed by atoms with van der Waals surface area (Å²) in [5, 5.41) is 45.8. The van der Waals surface area contributed by atoms with Crippen molar-refractivity contribution in [3.63, 3.8) is 0 Å². The standard InChI is InChI=1S/C78H122N18O18S3/c1-3-5-7-8-9-10-11-12-13-14-15-16-20-31-67(100)95-117(111,112)38-24-32-66(99)83-34-35-113-36-37-114-47-68(101)87-61(41-53-44-82-50-86-53)74(107)92-62(46-97)75(108)89-57(28-6-4-2)71(104)94-64(49-116)77(110)96-45-54(98)42-65(96)76(109)91-59(39-51-25-18-17-19-26-51)72(105)88-58(30-23-33-84-78(80)81)70(103)90-60(73(106)93-63(48-115)69(79)102)40-52-43-85-56-29-22-21-27-55(52)56/h17-19,21-22,25-27,29,43-44,50,54,57-65,85,97-98,115-116H,3-16,20,23-24,28,30-42,45-49H2,1-2H3,(H2,79,102)(H,82,86)(H,83,99)(H,87,101)(H,88,105)(H,89,108)(H,90,103)(H,91,109)(H,92,107)(H,93,106)(H,94,104)(H,95,100)(H4,80,81,84)/t54-,57+,58+,59-,60+,61+,62+,63+,64+,65+/m1/s1. The molecule has 4 aromatic rings. The van der Waals surface area contributed by atoms with Crippen molar-refractivity contribution >= 4 is 123 Å². The molecule has 0 bridgehead atoms. The first-order valence-electron chi connectivity index (χ1n) is 40.3. The number of nitrogens with one attached hydrogen (secondary N) is 12. The number of unbranched alkanes of at least 4 members (excludes halogenated alkanes) is 13. The number of hydrogen-bond acceptors (Lipinski definition) is 22. The van der Waals surface area contributed by atoms with Gasteiger partial charge < -0.3 is 99.6 Å². The molecule has 0 aliphatic carbocycles. The van der Waals surface area contributed by atoms with Gasteiger partial charge in [-0.3, -0.25) is 67.2 Å². The Labute approximate surface area is 694 Å². The lowest BCUT2D eigenvalue weighted by molar-refractivity contribution is -0.142. The number of fused-ring (bicyclic) bond motifs is 1. The molecule has 5 rings (SSSR count). The number of H-pyrrole nitrogens is 2. The van der Waals surface area contributed by atoms with E-state index in [9.17, 15) is 76.2 Å². The molecule has 650 valence electrons. The number of aliphatic imine (C=N–C) groups is 1. The number of thiol groups is 2. The van der Waals surface area contributed by atoms with Crippen molar-refractivity contribution in [2.45, 2.75) is 235 Å². The molecule has 1 saturated heterocycles. The quantitative estimate of drug-likeness (QED) is 0.0121. The summed E-state index contributed by atoms with van der Waals surface area (Å²) in [5.74, 6) is -11.0. The SMILES string of the molecule is CCCCCCCCCCCCCCCC(=O)NS(=O)(=O)CCCC(=O)NCCOCCOCC(=O)N[C@@H](Cc1cnc[nH]1)C(=O)N[C@@H](CO)C(=O)N[C@@H](CCCC)C(=O)N[C@@H](CS)C(=O)N1C[C@H](O)C[C@H]1C(=O)N[C@H](Cc1ccccc1)C(=O)N[C@@H](CCCN=C(N)N)C(=O)N[C@@H](Cc1c[nH]c2ccccc12)C(=O)N[C@@H](CS)C(N)=O. The lowest BCUT2D eigenvalue weighted by Gasteiger charge is -2.30. The molecular weight excluding hydrogens is 1570 g/mol. The number of hydrogen-bond donors (Lipinski definition) is 19. The number of nitrogens with zero attached hydrogens (tertiary/aromatic N) is 3. The number of likely N-dealkylation sites (tertiary alicyclic amines) is 1. The van der Waals surface area contributed by atoms with Crippen molar-refractivity contribution < 1.29 is 85.6 Å². The van der Waals surface area contributed by atoms with E-state index in [2.05, 4.69) is 105 Å². The maximum absolute atomic E-state index is 14.8. The van der Waals surface area contributed by atoms with Gasteiger partial charge in [0.1, 0.15) is 61.0 Å². The lowest BCUT2D eigenvalue weighted by atomic mass is 10.0. The monoisotopic (exact) mass is 1690 g/mol. The fourth-order valence-electron chi connectivity index (χ4n) is 13.0. The van der Waals surface area contributed by atoms with Crippen LogP contribution < -0.4 is 69.8 Å². The van der Waals surface area contributed by atoms with Gasteiger partial charge in [-0.2, -0.15) is 25.3 Å². The van der Waals surface area contributed by atoms with E-state index in [0.29, 0.717) is 36.1 Å². The Bertz CT molecular complexity index is 3910. The van der Waals surface area contributed by atoms with Gasteiger partial charge in [-0.25, -0.2) is 13.4 Å². The first kappa shape index (κ1) is 98.2. The molecule has 1 fully saturated rings. The summed E-state index contributed by atoms with van der Waals surface area (Å²) in [7, 11) is -3.91. The molecule has 2 aromatic heterocycles. The number of guanidine groups is 1. The smallest absolute Gasteiger partial charge is 0.246 e. The van der Waals surface area contributed by atoms with Gasteiger partial charge in [0.2, 0.25) is 80.9 Å². The van der Waals surface area contributed by atoms with E-state index in [4.69, 9.17) is 26.7 Å². The molecule has 10 atom stereocenters. The van der Waals surface area contributed by atoms with Crippen LogP contribution in [0.5, 0.6) is 0 Å². The number of rotatable bonds is 60.